The summed E-state index contributed by atoms with van der Waals surface area (Å²) in [7, 11) is 0. The van der Waals surface area contributed by atoms with E-state index in [2.05, 4.69) is 10.4 Å². The molecule has 1 N–H and O–H groups in total. The number of carbonyl (C=O) groups excluding carboxylic acids is 3. The number of aryl methyl sites for hydroxylation is 1. The number of benzene rings is 2. The minimum Gasteiger partial charge on any atom is -0.494 e. The van der Waals surface area contributed by atoms with Gasteiger partial charge in [-0.05, 0) is 37.2 Å². The van der Waals surface area contributed by atoms with Crippen LogP contribution in [0, 0.1) is 6.92 Å². The van der Waals surface area contributed by atoms with Crippen molar-refractivity contribution < 1.29 is 19.1 Å². The van der Waals surface area contributed by atoms with Gasteiger partial charge in [0.25, 0.3) is 5.91 Å². The molecule has 0 fully saturated rings. The Kier molecular flexibility index (Phi) is 5.68. The Hall–Kier alpha value is -3.33. The fourth-order valence-corrected chi connectivity index (χ4v) is 5.43. The molecule has 0 aliphatic carbocycles. The molecule has 2 aliphatic heterocycles. The molecule has 2 aromatic carbocycles. The number of para-hydroxylation sites is 2. The quantitative estimate of drug-likeness (QED) is 0.770. The summed E-state index contributed by atoms with van der Waals surface area (Å²) >= 11 is 1.07. The van der Waals surface area contributed by atoms with E-state index in [9.17, 15) is 14.4 Å². The number of amidine groups is 1. The lowest BCUT2D eigenvalue weighted by Gasteiger charge is -2.29. The zero-order valence-electron chi connectivity index (χ0n) is 18.3. The number of amides is 3. The van der Waals surface area contributed by atoms with Gasteiger partial charge in [-0.2, -0.15) is 5.01 Å². The van der Waals surface area contributed by atoms with Gasteiger partial charge in [-0.15, -0.1) is 5.10 Å². The summed E-state index contributed by atoms with van der Waals surface area (Å²) in [5.41, 5.74) is 3.16. The third-order valence-electron chi connectivity index (χ3n) is 5.32. The Balaban J connectivity index is 1.83. The largest absolute Gasteiger partial charge is 0.494 e. The summed E-state index contributed by atoms with van der Waals surface area (Å²) in [5, 5.41) is 8.30. The molecule has 0 bridgehead atoms. The smallest absolute Gasteiger partial charge is 0.271 e. The molecule has 0 aromatic heterocycles. The molecule has 166 valence electrons. The van der Waals surface area contributed by atoms with Gasteiger partial charge in [0.1, 0.15) is 5.75 Å². The summed E-state index contributed by atoms with van der Waals surface area (Å²) < 4.78 is 5.76. The minimum atomic E-state index is -1.41. The summed E-state index contributed by atoms with van der Waals surface area (Å²) in [4.78, 5) is 38.5. The van der Waals surface area contributed by atoms with Crippen molar-refractivity contribution in [1.29, 1.82) is 0 Å². The molecule has 8 nitrogen and oxygen atoms in total. The number of hydrogen-bond acceptors (Lipinski definition) is 6. The molecule has 3 amide bonds. The van der Waals surface area contributed by atoms with Crippen molar-refractivity contribution >= 4 is 40.3 Å². The van der Waals surface area contributed by atoms with Crippen LogP contribution in [-0.4, -0.2) is 34.5 Å². The van der Waals surface area contributed by atoms with E-state index >= 15 is 0 Å². The number of hydrazone groups is 1. The van der Waals surface area contributed by atoms with Gasteiger partial charge < -0.3 is 15.0 Å². The molecule has 2 aliphatic rings. The number of thioether (sulfide) groups is 1. The van der Waals surface area contributed by atoms with E-state index in [0.29, 0.717) is 17.9 Å². The predicted octanol–water partition coefficient (Wildman–Crippen LogP) is 3.10. The number of anilines is 1. The predicted molar refractivity (Wildman–Crippen MR) is 123 cm³/mol. The first-order chi connectivity index (χ1) is 15.3. The molecule has 0 radical (unpaired) electrons. The lowest BCUT2D eigenvalue weighted by molar-refractivity contribution is -0.139. The summed E-state index contributed by atoms with van der Waals surface area (Å²) in [5.74, 6) is -0.307. The number of fused-ring (bicyclic) bond motifs is 2. The minimum absolute atomic E-state index is 0.213. The summed E-state index contributed by atoms with van der Waals surface area (Å²) in [6.07, 6.45) is 0. The molecular formula is C23H24N4O4S. The van der Waals surface area contributed by atoms with Crippen LogP contribution in [0.15, 0.2) is 47.6 Å². The van der Waals surface area contributed by atoms with Crippen LogP contribution in [0.1, 0.15) is 37.5 Å². The van der Waals surface area contributed by atoms with Crippen molar-refractivity contribution in [3.63, 3.8) is 0 Å². The van der Waals surface area contributed by atoms with Crippen LogP contribution in [0.3, 0.4) is 0 Å². The molecule has 32 heavy (non-hydrogen) atoms. The van der Waals surface area contributed by atoms with E-state index in [-0.39, 0.29) is 23.5 Å². The number of ether oxygens (including phenoxy) is 1. The first-order valence-electron chi connectivity index (χ1n) is 10.3. The van der Waals surface area contributed by atoms with Crippen molar-refractivity contribution in [1.82, 2.24) is 10.3 Å². The van der Waals surface area contributed by atoms with Crippen LogP contribution in [0.2, 0.25) is 0 Å². The van der Waals surface area contributed by atoms with Crippen LogP contribution in [-0.2, 0) is 25.8 Å². The van der Waals surface area contributed by atoms with Gasteiger partial charge in [-0.1, -0.05) is 36.4 Å². The van der Waals surface area contributed by atoms with Gasteiger partial charge in [-0.25, -0.2) is 0 Å². The highest BCUT2D eigenvalue weighted by atomic mass is 32.2. The number of nitrogens with one attached hydrogen (secondary N) is 1. The fourth-order valence-electron chi connectivity index (χ4n) is 4.10. The topological polar surface area (TPSA) is 91.3 Å². The second kappa shape index (κ2) is 8.31. The second-order valence-corrected chi connectivity index (χ2v) is 8.75. The first kappa shape index (κ1) is 21.9. The Labute approximate surface area is 190 Å². The molecule has 0 saturated carbocycles. The maximum absolute atomic E-state index is 14.0. The molecule has 4 rings (SSSR count). The van der Waals surface area contributed by atoms with Crippen LogP contribution < -0.4 is 15.0 Å². The van der Waals surface area contributed by atoms with Gasteiger partial charge in [0.05, 0.1) is 18.8 Å². The average molecular weight is 453 g/mol. The van der Waals surface area contributed by atoms with Crippen molar-refractivity contribution in [2.45, 2.75) is 39.1 Å². The molecule has 1 spiro atoms. The van der Waals surface area contributed by atoms with Crippen molar-refractivity contribution in [3.8, 4) is 5.75 Å². The Morgan fingerprint density at radius 1 is 1.16 bits per heavy atom. The molecular weight excluding hydrogens is 428 g/mol. The normalized spacial score (nSPS) is 19.2. The highest BCUT2D eigenvalue weighted by molar-refractivity contribution is 8.15. The lowest BCUT2D eigenvalue weighted by atomic mass is 10.0. The maximum Gasteiger partial charge on any atom is 0.271 e. The van der Waals surface area contributed by atoms with Crippen molar-refractivity contribution in [2.75, 3.05) is 11.5 Å². The lowest BCUT2D eigenvalue weighted by Crippen LogP contribution is -2.48. The SMILES string of the molecule is CCOc1ccccc1CN1C(=O)[C@@]2(SC(NC(C)=O)=NN2C(C)=O)c2cccc(C)c21. The van der Waals surface area contributed by atoms with E-state index in [1.807, 2.05) is 56.3 Å². The molecule has 0 unspecified atom stereocenters. The molecule has 9 heteroatoms. The summed E-state index contributed by atoms with van der Waals surface area (Å²) in [6.45, 7) is 7.34. The van der Waals surface area contributed by atoms with E-state index in [4.69, 9.17) is 4.74 Å². The number of hydrogen-bond donors (Lipinski definition) is 1. The number of rotatable bonds is 4. The fraction of sp³-hybridized carbons (Fsp3) is 0.304. The van der Waals surface area contributed by atoms with Gasteiger partial charge in [0.2, 0.25) is 16.7 Å². The third-order valence-corrected chi connectivity index (χ3v) is 6.56. The summed E-state index contributed by atoms with van der Waals surface area (Å²) in [6, 6.07) is 13.2. The first-order valence-corrected chi connectivity index (χ1v) is 11.1. The van der Waals surface area contributed by atoms with E-state index in [1.165, 1.54) is 18.9 Å². The van der Waals surface area contributed by atoms with E-state index in [0.717, 1.165) is 28.6 Å². The zero-order valence-corrected chi connectivity index (χ0v) is 19.2. The second-order valence-electron chi connectivity index (χ2n) is 7.57. The number of nitrogens with zero attached hydrogens (tertiary/aromatic N) is 3. The van der Waals surface area contributed by atoms with Gasteiger partial charge in [-0.3, -0.25) is 14.4 Å². The molecule has 0 saturated heterocycles. The zero-order chi connectivity index (χ0) is 23.0. The van der Waals surface area contributed by atoms with Gasteiger partial charge in [0, 0.05) is 25.0 Å². The average Bonchev–Trinajstić information content (AvgIpc) is 3.22. The molecule has 2 heterocycles. The van der Waals surface area contributed by atoms with E-state index in [1.54, 1.807) is 4.90 Å². The van der Waals surface area contributed by atoms with Crippen molar-refractivity contribution in [2.24, 2.45) is 5.10 Å². The Morgan fingerprint density at radius 3 is 2.59 bits per heavy atom. The van der Waals surface area contributed by atoms with Crippen molar-refractivity contribution in [3.05, 3.63) is 59.2 Å². The maximum atomic E-state index is 14.0. The van der Waals surface area contributed by atoms with Gasteiger partial charge >= 0.3 is 0 Å². The standard InChI is InChI=1S/C23H24N4O4S/c1-5-31-19-12-7-6-10-17(19)13-26-20-14(2)9-8-11-18(20)23(21(26)30)27(16(4)29)25-22(32-23)24-15(3)28/h6-12H,5,13H2,1-4H3,(H,24,25,28)/t23-/m0/s1. The Morgan fingerprint density at radius 2 is 1.91 bits per heavy atom. The van der Waals surface area contributed by atoms with Crippen LogP contribution >= 0.6 is 11.8 Å². The monoisotopic (exact) mass is 452 g/mol. The molecule has 2 aromatic rings. The van der Waals surface area contributed by atoms with Crippen LogP contribution in [0.25, 0.3) is 0 Å². The van der Waals surface area contributed by atoms with Gasteiger partial charge in [0.15, 0.2) is 5.17 Å². The van der Waals surface area contributed by atoms with Crippen LogP contribution in [0.5, 0.6) is 5.75 Å². The Bertz CT molecular complexity index is 1150. The van der Waals surface area contributed by atoms with Crippen LogP contribution in [0.4, 0.5) is 5.69 Å². The highest BCUT2D eigenvalue weighted by Crippen LogP contribution is 2.55. The molecule has 1 atom stereocenters. The highest BCUT2D eigenvalue weighted by Gasteiger charge is 2.61. The number of carbonyl (C=O) groups is 3. The third kappa shape index (κ3) is 3.42. The van der Waals surface area contributed by atoms with E-state index < -0.39 is 10.8 Å².